The smallest absolute Gasteiger partial charge is 0.264 e. The number of aryl methyl sites for hydroxylation is 1. The van der Waals surface area contributed by atoms with Crippen LogP contribution in [-0.2, 0) is 16.4 Å². The molecular weight excluding hydrogens is 464 g/mol. The van der Waals surface area contributed by atoms with Crippen molar-refractivity contribution in [2.75, 3.05) is 21.3 Å². The molecule has 2 heterocycles. The molecule has 0 fully saturated rings. The summed E-state index contributed by atoms with van der Waals surface area (Å²) in [6.45, 7) is 0. The Hall–Kier alpha value is -3.02. The molecule has 0 aromatic heterocycles. The SMILES string of the molecule is COc1ccc2c(c1)CCC1=C2N=C2SC(S(N)(=O)=O)=NN2C1c1ccc(OC)c(OC)c1. The lowest BCUT2D eigenvalue weighted by molar-refractivity contribution is 0.347. The lowest BCUT2D eigenvalue weighted by Crippen LogP contribution is -2.32. The number of amidine groups is 1. The fourth-order valence-corrected chi connectivity index (χ4v) is 5.89. The van der Waals surface area contributed by atoms with Gasteiger partial charge >= 0.3 is 0 Å². The molecule has 0 radical (unpaired) electrons. The zero-order valence-electron chi connectivity index (χ0n) is 18.2. The quantitative estimate of drug-likeness (QED) is 0.706. The molecule has 0 saturated carbocycles. The van der Waals surface area contributed by atoms with E-state index in [1.54, 1.807) is 26.3 Å². The number of thioether (sulfide) groups is 1. The zero-order valence-corrected chi connectivity index (χ0v) is 19.9. The predicted molar refractivity (Wildman–Crippen MR) is 128 cm³/mol. The number of aliphatic imine (C=N–C) groups is 1. The molecule has 172 valence electrons. The van der Waals surface area contributed by atoms with Gasteiger partial charge in [0.05, 0.1) is 27.0 Å². The van der Waals surface area contributed by atoms with Gasteiger partial charge in [-0.2, -0.15) is 0 Å². The highest BCUT2D eigenvalue weighted by Crippen LogP contribution is 2.49. The normalized spacial score (nSPS) is 19.3. The standard InChI is InChI=1S/C22H22N4O5S2/c1-29-14-6-8-15-12(10-14)4-7-16-19(15)24-21-26(25-22(32-21)33(23,27)28)20(16)13-5-9-17(30-2)18(11-13)31-3/h5-6,8-11,20H,4,7H2,1-3H3,(H2,23,27,28). The monoisotopic (exact) mass is 486 g/mol. The number of methoxy groups -OCH3 is 3. The fraction of sp³-hybridized carbons (Fsp3) is 0.273. The van der Waals surface area contributed by atoms with Crippen molar-refractivity contribution < 1.29 is 22.6 Å². The van der Waals surface area contributed by atoms with Crippen LogP contribution in [0.2, 0.25) is 0 Å². The van der Waals surface area contributed by atoms with Crippen molar-refractivity contribution in [3.8, 4) is 17.2 Å². The van der Waals surface area contributed by atoms with Crippen LogP contribution in [0, 0.1) is 0 Å². The highest BCUT2D eigenvalue weighted by atomic mass is 32.3. The largest absolute Gasteiger partial charge is 0.497 e. The summed E-state index contributed by atoms with van der Waals surface area (Å²) in [7, 11) is 0.815. The average Bonchev–Trinajstić information content (AvgIpc) is 3.26. The molecular formula is C22H22N4O5S2. The Kier molecular flexibility index (Phi) is 5.34. The maximum Gasteiger partial charge on any atom is 0.264 e. The van der Waals surface area contributed by atoms with Crippen molar-refractivity contribution in [1.29, 1.82) is 0 Å². The van der Waals surface area contributed by atoms with Crippen molar-refractivity contribution in [3.63, 3.8) is 0 Å². The van der Waals surface area contributed by atoms with E-state index >= 15 is 0 Å². The third kappa shape index (κ3) is 3.65. The van der Waals surface area contributed by atoms with Crippen LogP contribution in [0.3, 0.4) is 0 Å². The molecule has 33 heavy (non-hydrogen) atoms. The Labute approximate surface area is 196 Å². The summed E-state index contributed by atoms with van der Waals surface area (Å²) < 4.78 is 40.2. The number of rotatable bonds is 4. The van der Waals surface area contributed by atoms with Gasteiger partial charge in [-0.05, 0) is 71.6 Å². The maximum absolute atomic E-state index is 12.1. The number of hydrogen-bond acceptors (Lipinski definition) is 9. The van der Waals surface area contributed by atoms with Crippen LogP contribution in [-0.4, -0.2) is 44.3 Å². The van der Waals surface area contributed by atoms with Gasteiger partial charge in [-0.1, -0.05) is 6.07 Å². The van der Waals surface area contributed by atoms with E-state index in [0.29, 0.717) is 16.7 Å². The number of benzene rings is 2. The number of primary sulfonamides is 1. The third-order valence-corrected chi connectivity index (χ3v) is 8.08. The second kappa shape index (κ2) is 8.08. The first-order chi connectivity index (χ1) is 15.8. The van der Waals surface area contributed by atoms with Crippen LogP contribution < -0.4 is 19.3 Å². The van der Waals surface area contributed by atoms with Gasteiger partial charge in [0.25, 0.3) is 10.0 Å². The molecule has 0 spiro atoms. The fourth-order valence-electron chi connectivity index (χ4n) is 4.34. The molecule has 0 saturated heterocycles. The predicted octanol–water partition coefficient (Wildman–Crippen LogP) is 3.09. The van der Waals surface area contributed by atoms with Crippen LogP contribution in [0.15, 0.2) is 52.1 Å². The van der Waals surface area contributed by atoms with Gasteiger partial charge in [-0.25, -0.2) is 23.6 Å². The van der Waals surface area contributed by atoms with E-state index < -0.39 is 10.0 Å². The Morgan fingerprint density at radius 1 is 1.03 bits per heavy atom. The van der Waals surface area contributed by atoms with Gasteiger partial charge in [0.15, 0.2) is 16.7 Å². The molecule has 2 aromatic carbocycles. The Morgan fingerprint density at radius 2 is 1.82 bits per heavy atom. The summed E-state index contributed by atoms with van der Waals surface area (Å²) in [5.74, 6) is 1.96. The number of sulfonamides is 1. The number of hydrazone groups is 1. The lowest BCUT2D eigenvalue weighted by Gasteiger charge is -2.36. The summed E-state index contributed by atoms with van der Waals surface area (Å²) in [5, 5.41) is 11.8. The highest BCUT2D eigenvalue weighted by molar-refractivity contribution is 8.42. The maximum atomic E-state index is 12.1. The molecule has 3 aliphatic rings. The molecule has 2 aliphatic heterocycles. The topological polar surface area (TPSA) is 116 Å². The summed E-state index contributed by atoms with van der Waals surface area (Å²) in [6, 6.07) is 11.2. The third-order valence-electron chi connectivity index (χ3n) is 5.85. The summed E-state index contributed by atoms with van der Waals surface area (Å²) in [5.41, 5.74) is 4.88. The Morgan fingerprint density at radius 3 is 2.52 bits per heavy atom. The van der Waals surface area contributed by atoms with Gasteiger partial charge in [-0.15, -0.1) is 5.10 Å². The lowest BCUT2D eigenvalue weighted by atomic mass is 9.83. The molecule has 1 aliphatic carbocycles. The summed E-state index contributed by atoms with van der Waals surface area (Å²) in [6.07, 6.45) is 1.53. The zero-order chi connectivity index (χ0) is 23.3. The minimum Gasteiger partial charge on any atom is -0.497 e. The van der Waals surface area contributed by atoms with Crippen LogP contribution in [0.5, 0.6) is 17.2 Å². The highest BCUT2D eigenvalue weighted by Gasteiger charge is 2.42. The van der Waals surface area contributed by atoms with Crippen LogP contribution >= 0.6 is 11.8 Å². The molecule has 2 N–H and O–H groups in total. The summed E-state index contributed by atoms with van der Waals surface area (Å²) in [4.78, 5) is 4.83. The number of ether oxygens (including phenoxy) is 3. The minimum absolute atomic E-state index is 0.179. The first-order valence-corrected chi connectivity index (χ1v) is 12.5. The van der Waals surface area contributed by atoms with Crippen LogP contribution in [0.4, 0.5) is 0 Å². The van der Waals surface area contributed by atoms with E-state index in [1.807, 2.05) is 36.4 Å². The molecule has 1 unspecified atom stereocenters. The van der Waals surface area contributed by atoms with E-state index in [1.165, 1.54) is 0 Å². The van der Waals surface area contributed by atoms with E-state index in [0.717, 1.165) is 58.3 Å². The van der Waals surface area contributed by atoms with E-state index in [-0.39, 0.29) is 10.4 Å². The minimum atomic E-state index is -3.98. The van der Waals surface area contributed by atoms with Gasteiger partial charge in [0.1, 0.15) is 11.8 Å². The first-order valence-electron chi connectivity index (χ1n) is 10.1. The molecule has 0 amide bonds. The van der Waals surface area contributed by atoms with Gasteiger partial charge in [-0.3, -0.25) is 0 Å². The average molecular weight is 487 g/mol. The van der Waals surface area contributed by atoms with Gasteiger partial charge in [0, 0.05) is 5.56 Å². The first kappa shape index (κ1) is 21.8. The second-order valence-corrected chi connectivity index (χ2v) is 10.4. The van der Waals surface area contributed by atoms with Crippen LogP contribution in [0.25, 0.3) is 5.70 Å². The number of fused-ring (bicyclic) bond motifs is 3. The molecule has 1 atom stereocenters. The number of nitrogens with zero attached hydrogens (tertiary/aromatic N) is 3. The van der Waals surface area contributed by atoms with Gasteiger partial charge < -0.3 is 14.2 Å². The van der Waals surface area contributed by atoms with E-state index in [9.17, 15) is 8.42 Å². The number of nitrogens with two attached hydrogens (primary N) is 1. The van der Waals surface area contributed by atoms with Gasteiger partial charge in [0.2, 0.25) is 4.38 Å². The van der Waals surface area contributed by atoms with Crippen molar-refractivity contribution in [2.24, 2.45) is 15.2 Å². The summed E-state index contributed by atoms with van der Waals surface area (Å²) >= 11 is 0.954. The molecule has 0 bridgehead atoms. The van der Waals surface area contributed by atoms with E-state index in [2.05, 4.69) is 5.10 Å². The van der Waals surface area contributed by atoms with Crippen molar-refractivity contribution in [3.05, 3.63) is 58.7 Å². The van der Waals surface area contributed by atoms with Crippen molar-refractivity contribution >= 4 is 37.0 Å². The van der Waals surface area contributed by atoms with Crippen molar-refractivity contribution in [1.82, 2.24) is 5.01 Å². The number of hydrogen-bond donors (Lipinski definition) is 1. The molecule has 2 aromatic rings. The Bertz CT molecular complexity index is 1350. The van der Waals surface area contributed by atoms with Crippen LogP contribution in [0.1, 0.15) is 29.2 Å². The molecule has 11 heteroatoms. The Balaban J connectivity index is 1.70. The van der Waals surface area contributed by atoms with Crippen molar-refractivity contribution in [2.45, 2.75) is 18.9 Å². The molecule has 9 nitrogen and oxygen atoms in total. The second-order valence-electron chi connectivity index (χ2n) is 7.67. The van der Waals surface area contributed by atoms with E-state index in [4.69, 9.17) is 24.3 Å². The molecule has 5 rings (SSSR count).